The van der Waals surface area contributed by atoms with Crippen molar-refractivity contribution >= 4 is 11.8 Å². The highest BCUT2D eigenvalue weighted by molar-refractivity contribution is 6.34. The van der Waals surface area contributed by atoms with E-state index in [2.05, 4.69) is 4.74 Å². The van der Waals surface area contributed by atoms with Gasteiger partial charge in [-0.25, -0.2) is 18.0 Å². The molecular weight excluding hydrogens is 225 g/mol. The number of hydrogen-bond donors (Lipinski definition) is 0. The fourth-order valence-electron chi connectivity index (χ4n) is 1.06. The van der Waals surface area contributed by atoms with E-state index in [4.69, 9.17) is 0 Å². The molecule has 1 rings (SSSR count). The molecule has 0 aliphatic heterocycles. The average Bonchev–Trinajstić information content (AvgIpc) is 2.28. The molecule has 6 heteroatoms. The Balaban J connectivity index is 2.95. The third-order valence-corrected chi connectivity index (χ3v) is 1.88. The maximum absolute atomic E-state index is 13.1. The molecule has 0 bridgehead atoms. The van der Waals surface area contributed by atoms with Gasteiger partial charge in [0, 0.05) is 6.42 Å². The van der Waals surface area contributed by atoms with Gasteiger partial charge >= 0.3 is 5.97 Å². The fourth-order valence-corrected chi connectivity index (χ4v) is 1.06. The number of esters is 1. The lowest BCUT2D eigenvalue weighted by Crippen LogP contribution is -2.18. The molecule has 86 valence electrons. The number of benzene rings is 1. The number of hydrogen-bond acceptors (Lipinski definition) is 3. The second kappa shape index (κ2) is 4.78. The zero-order chi connectivity index (χ0) is 12.3. The first kappa shape index (κ1) is 12.2. The zero-order valence-corrected chi connectivity index (χ0v) is 8.22. The molecule has 0 N–H and O–H groups in total. The average molecular weight is 232 g/mol. The van der Waals surface area contributed by atoms with Crippen LogP contribution in [0.25, 0.3) is 0 Å². The molecule has 0 radical (unpaired) electrons. The summed E-state index contributed by atoms with van der Waals surface area (Å²) >= 11 is 0. The standard InChI is InChI=1S/C10H7F3O3/c1-16-10(15)7(14)4-5-2-3-6(11)9(13)8(5)12/h2-3H,4H2,1H3. The first-order valence-corrected chi connectivity index (χ1v) is 4.21. The van der Waals surface area contributed by atoms with E-state index in [0.717, 1.165) is 13.2 Å². The summed E-state index contributed by atoms with van der Waals surface area (Å²) in [5, 5.41) is 0. The van der Waals surface area contributed by atoms with Crippen LogP contribution in [0.5, 0.6) is 0 Å². The highest BCUT2D eigenvalue weighted by Gasteiger charge is 2.19. The van der Waals surface area contributed by atoms with Crippen molar-refractivity contribution in [2.24, 2.45) is 0 Å². The summed E-state index contributed by atoms with van der Waals surface area (Å²) in [5.74, 6) is -6.70. The summed E-state index contributed by atoms with van der Waals surface area (Å²) in [5.41, 5.74) is -0.394. The van der Waals surface area contributed by atoms with Crippen molar-refractivity contribution in [3.8, 4) is 0 Å². The predicted molar refractivity (Wildman–Crippen MR) is 47.0 cm³/mol. The molecule has 0 aromatic heterocycles. The minimum absolute atomic E-state index is 0.394. The number of rotatable bonds is 3. The van der Waals surface area contributed by atoms with Crippen LogP contribution in [0, 0.1) is 17.5 Å². The topological polar surface area (TPSA) is 43.4 Å². The summed E-state index contributed by atoms with van der Waals surface area (Å²) in [6.07, 6.45) is -0.671. The number of carbonyl (C=O) groups is 2. The number of Topliss-reactive ketones (excluding diaryl/α,β-unsaturated/α-hetero) is 1. The minimum atomic E-state index is -1.67. The monoisotopic (exact) mass is 232 g/mol. The van der Waals surface area contributed by atoms with E-state index in [1.165, 1.54) is 0 Å². The van der Waals surface area contributed by atoms with Gasteiger partial charge in [-0.3, -0.25) is 4.79 Å². The van der Waals surface area contributed by atoms with Crippen LogP contribution in [0.15, 0.2) is 12.1 Å². The third-order valence-electron chi connectivity index (χ3n) is 1.88. The van der Waals surface area contributed by atoms with Crippen LogP contribution in [-0.2, 0) is 20.7 Å². The van der Waals surface area contributed by atoms with Gasteiger partial charge in [0.2, 0.25) is 5.78 Å². The Bertz CT molecular complexity index is 443. The van der Waals surface area contributed by atoms with E-state index in [1.54, 1.807) is 0 Å². The molecular formula is C10H7F3O3. The van der Waals surface area contributed by atoms with Gasteiger partial charge in [0.15, 0.2) is 17.5 Å². The number of ether oxygens (including phenoxy) is 1. The van der Waals surface area contributed by atoms with E-state index in [1.807, 2.05) is 0 Å². The Kier molecular flexibility index (Phi) is 3.65. The highest BCUT2D eigenvalue weighted by atomic mass is 19.2. The van der Waals surface area contributed by atoms with E-state index in [-0.39, 0.29) is 0 Å². The summed E-state index contributed by atoms with van der Waals surface area (Å²) in [6.45, 7) is 0. The van der Waals surface area contributed by atoms with Gasteiger partial charge in [-0.15, -0.1) is 0 Å². The van der Waals surface area contributed by atoms with Crippen LogP contribution in [-0.4, -0.2) is 18.9 Å². The Labute approximate surface area is 88.8 Å². The maximum Gasteiger partial charge on any atom is 0.374 e. The molecule has 0 saturated heterocycles. The Morgan fingerprint density at radius 2 is 1.81 bits per heavy atom. The van der Waals surface area contributed by atoms with Crippen molar-refractivity contribution in [1.82, 2.24) is 0 Å². The molecule has 3 nitrogen and oxygen atoms in total. The molecule has 0 spiro atoms. The lowest BCUT2D eigenvalue weighted by atomic mass is 10.1. The van der Waals surface area contributed by atoms with Crippen LogP contribution < -0.4 is 0 Å². The van der Waals surface area contributed by atoms with Crippen molar-refractivity contribution in [3.05, 3.63) is 35.1 Å². The molecule has 1 aromatic rings. The minimum Gasteiger partial charge on any atom is -0.463 e. The molecule has 0 fully saturated rings. The molecule has 0 aliphatic rings. The summed E-state index contributed by atoms with van der Waals surface area (Å²) in [4.78, 5) is 21.8. The largest absolute Gasteiger partial charge is 0.463 e. The van der Waals surface area contributed by atoms with Gasteiger partial charge < -0.3 is 4.74 Å². The predicted octanol–water partition coefficient (Wildman–Crippen LogP) is 1.39. The van der Waals surface area contributed by atoms with Crippen LogP contribution in [0.1, 0.15) is 5.56 Å². The summed E-state index contributed by atoms with van der Waals surface area (Å²) < 4.78 is 42.4. The van der Waals surface area contributed by atoms with Crippen molar-refractivity contribution in [1.29, 1.82) is 0 Å². The second-order valence-electron chi connectivity index (χ2n) is 2.93. The molecule has 0 amide bonds. The van der Waals surface area contributed by atoms with E-state index >= 15 is 0 Å². The Morgan fingerprint density at radius 1 is 1.19 bits per heavy atom. The number of methoxy groups -OCH3 is 1. The second-order valence-corrected chi connectivity index (χ2v) is 2.93. The maximum atomic E-state index is 13.1. The smallest absolute Gasteiger partial charge is 0.374 e. The van der Waals surface area contributed by atoms with E-state index in [9.17, 15) is 22.8 Å². The molecule has 0 aliphatic carbocycles. The molecule has 0 atom stereocenters. The molecule has 0 unspecified atom stereocenters. The normalized spacial score (nSPS) is 10.0. The van der Waals surface area contributed by atoms with Gasteiger partial charge in [-0.1, -0.05) is 6.07 Å². The van der Waals surface area contributed by atoms with E-state index in [0.29, 0.717) is 6.07 Å². The van der Waals surface area contributed by atoms with E-state index < -0.39 is 41.2 Å². The van der Waals surface area contributed by atoms with Gasteiger partial charge in [0.1, 0.15) is 0 Å². The Hall–Kier alpha value is -1.85. The molecule has 1 aromatic carbocycles. The lowest BCUT2D eigenvalue weighted by Gasteiger charge is -2.03. The van der Waals surface area contributed by atoms with Crippen molar-refractivity contribution in [2.45, 2.75) is 6.42 Å². The molecule has 16 heavy (non-hydrogen) atoms. The fraction of sp³-hybridized carbons (Fsp3) is 0.200. The summed E-state index contributed by atoms with van der Waals surface area (Å²) in [7, 11) is 0.988. The van der Waals surface area contributed by atoms with Crippen molar-refractivity contribution < 1.29 is 27.5 Å². The van der Waals surface area contributed by atoms with Crippen LogP contribution in [0.3, 0.4) is 0 Å². The Morgan fingerprint density at radius 3 is 2.38 bits per heavy atom. The number of halogens is 3. The van der Waals surface area contributed by atoms with Crippen LogP contribution in [0.4, 0.5) is 13.2 Å². The molecule has 0 heterocycles. The quantitative estimate of drug-likeness (QED) is 0.449. The SMILES string of the molecule is COC(=O)C(=O)Cc1ccc(F)c(F)c1F. The first-order valence-electron chi connectivity index (χ1n) is 4.21. The van der Waals surface area contributed by atoms with Gasteiger partial charge in [-0.05, 0) is 11.6 Å². The lowest BCUT2D eigenvalue weighted by molar-refractivity contribution is -0.151. The van der Waals surface area contributed by atoms with Crippen LogP contribution >= 0.6 is 0 Å². The highest BCUT2D eigenvalue weighted by Crippen LogP contribution is 2.15. The van der Waals surface area contributed by atoms with Gasteiger partial charge in [0.05, 0.1) is 7.11 Å². The third kappa shape index (κ3) is 2.39. The van der Waals surface area contributed by atoms with Crippen LogP contribution in [0.2, 0.25) is 0 Å². The number of ketones is 1. The molecule has 0 saturated carbocycles. The summed E-state index contributed by atoms with van der Waals surface area (Å²) in [6, 6.07) is 1.58. The van der Waals surface area contributed by atoms with Gasteiger partial charge in [0.25, 0.3) is 0 Å². The van der Waals surface area contributed by atoms with Crippen molar-refractivity contribution in [2.75, 3.05) is 7.11 Å². The number of carbonyl (C=O) groups excluding carboxylic acids is 2. The van der Waals surface area contributed by atoms with Gasteiger partial charge in [-0.2, -0.15) is 0 Å². The first-order chi connectivity index (χ1) is 7.47. The zero-order valence-electron chi connectivity index (χ0n) is 8.22. The van der Waals surface area contributed by atoms with Crippen molar-refractivity contribution in [3.63, 3.8) is 0 Å².